The van der Waals surface area contributed by atoms with Gasteiger partial charge in [0.25, 0.3) is 0 Å². The third kappa shape index (κ3) is 3.13. The zero-order chi connectivity index (χ0) is 20.8. The summed E-state index contributed by atoms with van der Waals surface area (Å²) in [6.45, 7) is 0. The lowest BCUT2D eigenvalue weighted by Crippen LogP contribution is -2.25. The lowest BCUT2D eigenvalue weighted by atomic mass is 9.89. The molecule has 5 aromatic rings. The molecule has 1 aliphatic rings. The highest BCUT2D eigenvalue weighted by atomic mass is 79.9. The van der Waals surface area contributed by atoms with Crippen LogP contribution < -0.4 is 5.32 Å². The first-order chi connectivity index (χ1) is 15.3. The Kier molecular flexibility index (Phi) is 4.36. The molecule has 5 aromatic carbocycles. The average Bonchev–Trinajstić information content (AvgIpc) is 2.82. The topological polar surface area (TPSA) is 24.4 Å². The molecule has 1 aliphatic heterocycles. The van der Waals surface area contributed by atoms with E-state index in [2.05, 4.69) is 124 Å². The van der Waals surface area contributed by atoms with Gasteiger partial charge in [0.2, 0.25) is 0 Å². The van der Waals surface area contributed by atoms with Gasteiger partial charge in [-0.05, 0) is 45.3 Å². The number of nitrogens with zero attached hydrogens (tertiary/aromatic N) is 1. The molecule has 0 amide bonds. The maximum Gasteiger partial charge on any atom is 0.0953 e. The average molecular weight is 463 g/mol. The number of anilines is 1. The molecule has 0 spiro atoms. The zero-order valence-corrected chi connectivity index (χ0v) is 18.3. The van der Waals surface area contributed by atoms with Gasteiger partial charge in [-0.15, -0.1) is 0 Å². The fourth-order valence-electron chi connectivity index (χ4n) is 4.53. The summed E-state index contributed by atoms with van der Waals surface area (Å²) in [6.07, 6.45) is 0. The first-order valence-corrected chi connectivity index (χ1v) is 11.2. The van der Waals surface area contributed by atoms with Crippen molar-refractivity contribution < 1.29 is 0 Å². The molecular formula is C28H19BrN2. The van der Waals surface area contributed by atoms with Crippen LogP contribution >= 0.6 is 15.9 Å². The summed E-state index contributed by atoms with van der Waals surface area (Å²) in [7, 11) is 0. The van der Waals surface area contributed by atoms with Crippen molar-refractivity contribution in [1.29, 1.82) is 0 Å². The van der Waals surface area contributed by atoms with E-state index in [-0.39, 0.29) is 6.04 Å². The summed E-state index contributed by atoms with van der Waals surface area (Å²) >= 11 is 3.60. The summed E-state index contributed by atoms with van der Waals surface area (Å²) < 4.78 is 1.03. The molecule has 0 fully saturated rings. The van der Waals surface area contributed by atoms with Crippen molar-refractivity contribution in [2.75, 3.05) is 5.32 Å². The fourth-order valence-corrected chi connectivity index (χ4v) is 4.88. The number of hydrogen-bond acceptors (Lipinski definition) is 2. The maximum atomic E-state index is 5.22. The minimum Gasteiger partial charge on any atom is -0.371 e. The predicted octanol–water partition coefficient (Wildman–Crippen LogP) is 8.04. The number of hydrogen-bond donors (Lipinski definition) is 1. The van der Waals surface area contributed by atoms with E-state index in [0.717, 1.165) is 27.1 Å². The Bertz CT molecular complexity index is 1470. The summed E-state index contributed by atoms with van der Waals surface area (Å²) in [5.74, 6) is 0. The second kappa shape index (κ2) is 7.36. The molecule has 0 aromatic heterocycles. The Morgan fingerprint density at radius 3 is 2.19 bits per heavy atom. The molecule has 31 heavy (non-hydrogen) atoms. The van der Waals surface area contributed by atoms with Gasteiger partial charge in [-0.25, -0.2) is 4.99 Å². The van der Waals surface area contributed by atoms with Gasteiger partial charge in [0.05, 0.1) is 23.1 Å². The van der Waals surface area contributed by atoms with Crippen LogP contribution in [0.5, 0.6) is 0 Å². The summed E-state index contributed by atoms with van der Waals surface area (Å²) in [5.41, 5.74) is 5.44. The second-order valence-corrected chi connectivity index (χ2v) is 8.75. The predicted molar refractivity (Wildman–Crippen MR) is 135 cm³/mol. The standard InChI is InChI=1S/C28H19BrN2/c29-20-15-16-25-26(17-20)31-28(24-14-6-10-19-8-2-4-12-22(19)24)27(30-25)23-13-5-9-18-7-1-3-11-21(18)23/h1-17,27,30H. The van der Waals surface area contributed by atoms with Gasteiger partial charge in [-0.3, -0.25) is 0 Å². The smallest absolute Gasteiger partial charge is 0.0953 e. The van der Waals surface area contributed by atoms with E-state index in [4.69, 9.17) is 4.99 Å². The van der Waals surface area contributed by atoms with Crippen molar-refractivity contribution in [3.05, 3.63) is 119 Å². The Morgan fingerprint density at radius 1 is 0.677 bits per heavy atom. The number of aliphatic imine (C=N–C) groups is 1. The first-order valence-electron chi connectivity index (χ1n) is 10.4. The number of benzene rings is 5. The van der Waals surface area contributed by atoms with E-state index < -0.39 is 0 Å². The quantitative estimate of drug-likeness (QED) is 0.282. The highest BCUT2D eigenvalue weighted by Gasteiger charge is 2.27. The Morgan fingerprint density at radius 2 is 1.35 bits per heavy atom. The summed E-state index contributed by atoms with van der Waals surface area (Å²) in [4.78, 5) is 5.22. The van der Waals surface area contributed by atoms with E-state index in [1.807, 2.05) is 0 Å². The van der Waals surface area contributed by atoms with Gasteiger partial charge in [0, 0.05) is 10.0 Å². The van der Waals surface area contributed by atoms with E-state index in [0.29, 0.717) is 0 Å². The zero-order valence-electron chi connectivity index (χ0n) is 16.7. The highest BCUT2D eigenvalue weighted by Crippen LogP contribution is 2.41. The van der Waals surface area contributed by atoms with Crippen LogP contribution in [0.15, 0.2) is 113 Å². The SMILES string of the molecule is Brc1ccc2c(c1)N=C(c1cccc3ccccc13)C(c1cccc3ccccc13)N2. The van der Waals surface area contributed by atoms with Crippen LogP contribution in [0, 0.1) is 0 Å². The Labute approximate surface area is 189 Å². The lowest BCUT2D eigenvalue weighted by Gasteiger charge is -2.29. The van der Waals surface area contributed by atoms with Crippen molar-refractivity contribution in [3.8, 4) is 0 Å². The monoisotopic (exact) mass is 462 g/mol. The van der Waals surface area contributed by atoms with Crippen molar-refractivity contribution in [3.63, 3.8) is 0 Å². The van der Waals surface area contributed by atoms with E-state index >= 15 is 0 Å². The maximum absolute atomic E-state index is 5.22. The molecule has 0 saturated carbocycles. The third-order valence-corrected chi connectivity index (χ3v) is 6.47. The van der Waals surface area contributed by atoms with Gasteiger partial charge in [-0.1, -0.05) is 101 Å². The second-order valence-electron chi connectivity index (χ2n) is 7.83. The normalized spacial score (nSPS) is 15.4. The van der Waals surface area contributed by atoms with Crippen molar-refractivity contribution in [2.24, 2.45) is 4.99 Å². The molecule has 0 radical (unpaired) electrons. The molecule has 1 N–H and O–H groups in total. The highest BCUT2D eigenvalue weighted by molar-refractivity contribution is 9.10. The molecule has 0 aliphatic carbocycles. The van der Waals surface area contributed by atoms with Gasteiger partial charge in [0.1, 0.15) is 0 Å². The third-order valence-electron chi connectivity index (χ3n) is 5.97. The minimum atomic E-state index is -0.0504. The van der Waals surface area contributed by atoms with Crippen molar-refractivity contribution in [2.45, 2.75) is 6.04 Å². The largest absolute Gasteiger partial charge is 0.371 e. The minimum absolute atomic E-state index is 0.0504. The van der Waals surface area contributed by atoms with Crippen LogP contribution in [0.25, 0.3) is 21.5 Å². The van der Waals surface area contributed by atoms with Gasteiger partial charge in [-0.2, -0.15) is 0 Å². The van der Waals surface area contributed by atoms with E-state index in [9.17, 15) is 0 Å². The molecule has 1 unspecified atom stereocenters. The van der Waals surface area contributed by atoms with Gasteiger partial charge in [0.15, 0.2) is 0 Å². The number of fused-ring (bicyclic) bond motifs is 3. The van der Waals surface area contributed by atoms with E-state index in [1.54, 1.807) is 0 Å². The Hall–Kier alpha value is -3.43. The van der Waals surface area contributed by atoms with Crippen molar-refractivity contribution in [1.82, 2.24) is 0 Å². The van der Waals surface area contributed by atoms with Crippen LogP contribution in [0.1, 0.15) is 17.2 Å². The number of halogens is 1. The van der Waals surface area contributed by atoms with Gasteiger partial charge >= 0.3 is 0 Å². The van der Waals surface area contributed by atoms with Crippen LogP contribution in [0.4, 0.5) is 11.4 Å². The molecule has 1 atom stereocenters. The van der Waals surface area contributed by atoms with Crippen LogP contribution in [0.3, 0.4) is 0 Å². The fraction of sp³-hybridized carbons (Fsp3) is 0.0357. The summed E-state index contributed by atoms with van der Waals surface area (Å²) in [5, 5.41) is 8.72. The Balaban J connectivity index is 1.64. The molecule has 148 valence electrons. The van der Waals surface area contributed by atoms with Crippen molar-refractivity contribution >= 4 is 54.6 Å². The number of nitrogens with one attached hydrogen (secondary N) is 1. The molecular weight excluding hydrogens is 444 g/mol. The molecule has 3 heteroatoms. The molecule has 0 saturated heterocycles. The van der Waals surface area contributed by atoms with Gasteiger partial charge < -0.3 is 5.32 Å². The van der Waals surface area contributed by atoms with Crippen LogP contribution in [-0.2, 0) is 0 Å². The first kappa shape index (κ1) is 18.3. The summed E-state index contributed by atoms with van der Waals surface area (Å²) in [6, 6.07) is 36.3. The lowest BCUT2D eigenvalue weighted by molar-refractivity contribution is 1.03. The molecule has 2 nitrogen and oxygen atoms in total. The number of rotatable bonds is 2. The molecule has 0 bridgehead atoms. The van der Waals surface area contributed by atoms with E-state index in [1.165, 1.54) is 27.1 Å². The van der Waals surface area contributed by atoms with Crippen LogP contribution in [0.2, 0.25) is 0 Å². The van der Waals surface area contributed by atoms with Crippen LogP contribution in [-0.4, -0.2) is 5.71 Å². The molecule has 6 rings (SSSR count). The molecule has 1 heterocycles.